The van der Waals surface area contributed by atoms with Gasteiger partial charge in [-0.1, -0.05) is 22.0 Å². The van der Waals surface area contributed by atoms with Gasteiger partial charge in [0.05, 0.1) is 0 Å². The van der Waals surface area contributed by atoms with Crippen molar-refractivity contribution in [3.63, 3.8) is 0 Å². The number of rotatable bonds is 5. The molecule has 0 aliphatic heterocycles. The molecule has 2 N–H and O–H groups in total. The highest BCUT2D eigenvalue weighted by atomic mass is 79.9. The molecular weight excluding hydrogens is 326 g/mol. The third-order valence-corrected chi connectivity index (χ3v) is 3.12. The van der Waals surface area contributed by atoms with E-state index in [0.29, 0.717) is 10.7 Å². The molecule has 0 spiro atoms. The van der Waals surface area contributed by atoms with Crippen LogP contribution in [0.15, 0.2) is 28.7 Å². The molecule has 0 atom stereocenters. The van der Waals surface area contributed by atoms with E-state index < -0.39 is 0 Å². The zero-order valence-electron chi connectivity index (χ0n) is 11.1. The number of hydrogen-bond donors (Lipinski definition) is 2. The predicted molar refractivity (Wildman–Crippen MR) is 85.4 cm³/mol. The zero-order valence-corrected chi connectivity index (χ0v) is 13.5. The molecule has 0 bridgehead atoms. The van der Waals surface area contributed by atoms with Gasteiger partial charge in [0.2, 0.25) is 0 Å². The summed E-state index contributed by atoms with van der Waals surface area (Å²) < 4.78 is 0.866. The van der Waals surface area contributed by atoms with Crippen molar-refractivity contribution in [2.75, 3.05) is 27.2 Å². The third-order valence-electron chi connectivity index (χ3n) is 2.38. The van der Waals surface area contributed by atoms with Gasteiger partial charge in [-0.25, -0.2) is 0 Å². The maximum absolute atomic E-state index is 11.9. The molecule has 1 amide bonds. The SMILES string of the molecule is CN(C)CCCNC(=S)NC(=O)c1cccc(Br)c1. The quantitative estimate of drug-likeness (QED) is 0.634. The molecular formula is C13H18BrN3OS. The monoisotopic (exact) mass is 343 g/mol. The first-order valence-corrected chi connectivity index (χ1v) is 7.18. The Labute approximate surface area is 127 Å². The molecule has 0 saturated carbocycles. The minimum absolute atomic E-state index is 0.202. The minimum atomic E-state index is -0.202. The summed E-state index contributed by atoms with van der Waals surface area (Å²) in [7, 11) is 4.04. The van der Waals surface area contributed by atoms with Crippen LogP contribution in [-0.4, -0.2) is 43.1 Å². The van der Waals surface area contributed by atoms with Crippen molar-refractivity contribution in [3.05, 3.63) is 34.3 Å². The number of carbonyl (C=O) groups excluding carboxylic acids is 1. The van der Waals surface area contributed by atoms with Crippen molar-refractivity contribution in [2.45, 2.75) is 6.42 Å². The summed E-state index contributed by atoms with van der Waals surface area (Å²) in [5.41, 5.74) is 0.576. The fourth-order valence-corrected chi connectivity index (χ4v) is 2.04. The molecule has 0 aromatic heterocycles. The van der Waals surface area contributed by atoms with Crippen LogP contribution in [0.25, 0.3) is 0 Å². The van der Waals surface area contributed by atoms with Crippen molar-refractivity contribution >= 4 is 39.2 Å². The number of thiocarbonyl (C=S) groups is 1. The zero-order chi connectivity index (χ0) is 14.3. The van der Waals surface area contributed by atoms with Crippen LogP contribution in [0.5, 0.6) is 0 Å². The van der Waals surface area contributed by atoms with Crippen molar-refractivity contribution in [2.24, 2.45) is 0 Å². The van der Waals surface area contributed by atoms with Gasteiger partial charge >= 0.3 is 0 Å². The van der Waals surface area contributed by atoms with E-state index in [1.54, 1.807) is 12.1 Å². The second-order valence-corrected chi connectivity index (χ2v) is 5.70. The highest BCUT2D eigenvalue weighted by Gasteiger charge is 2.07. The average molecular weight is 344 g/mol. The van der Waals surface area contributed by atoms with Gasteiger partial charge < -0.3 is 10.2 Å². The topological polar surface area (TPSA) is 44.4 Å². The van der Waals surface area contributed by atoms with Gasteiger partial charge in [0.15, 0.2) is 5.11 Å². The normalized spacial score (nSPS) is 10.3. The molecule has 1 rings (SSSR count). The second-order valence-electron chi connectivity index (χ2n) is 4.38. The number of carbonyl (C=O) groups is 1. The molecule has 4 nitrogen and oxygen atoms in total. The largest absolute Gasteiger partial charge is 0.362 e. The lowest BCUT2D eigenvalue weighted by Gasteiger charge is -2.12. The van der Waals surface area contributed by atoms with Gasteiger partial charge in [0, 0.05) is 16.6 Å². The molecule has 0 radical (unpaired) electrons. The Hall–Kier alpha value is -0.980. The minimum Gasteiger partial charge on any atom is -0.362 e. The standard InChI is InChI=1S/C13H18BrN3OS/c1-17(2)8-4-7-15-13(19)16-12(18)10-5-3-6-11(14)9-10/h3,5-6,9H,4,7-8H2,1-2H3,(H2,15,16,18,19). The Kier molecular flexibility index (Phi) is 6.97. The van der Waals surface area contributed by atoms with Crippen molar-refractivity contribution in [3.8, 4) is 0 Å². The summed E-state index contributed by atoms with van der Waals surface area (Å²) in [6.07, 6.45) is 0.972. The Morgan fingerprint density at radius 3 is 2.79 bits per heavy atom. The lowest BCUT2D eigenvalue weighted by Crippen LogP contribution is -2.40. The molecule has 19 heavy (non-hydrogen) atoms. The number of nitrogens with zero attached hydrogens (tertiary/aromatic N) is 1. The highest BCUT2D eigenvalue weighted by molar-refractivity contribution is 9.10. The Morgan fingerprint density at radius 1 is 1.42 bits per heavy atom. The van der Waals surface area contributed by atoms with Gasteiger partial charge in [-0.15, -0.1) is 0 Å². The van der Waals surface area contributed by atoms with Gasteiger partial charge in [0.25, 0.3) is 5.91 Å². The third kappa shape index (κ3) is 6.66. The molecule has 0 unspecified atom stereocenters. The highest BCUT2D eigenvalue weighted by Crippen LogP contribution is 2.11. The summed E-state index contributed by atoms with van der Waals surface area (Å²) in [4.78, 5) is 14.0. The van der Waals surface area contributed by atoms with Gasteiger partial charge in [0.1, 0.15) is 0 Å². The molecule has 0 heterocycles. The average Bonchev–Trinajstić information content (AvgIpc) is 2.34. The summed E-state index contributed by atoms with van der Waals surface area (Å²) in [6, 6.07) is 7.18. The van der Waals surface area contributed by atoms with E-state index in [1.165, 1.54) is 0 Å². The molecule has 6 heteroatoms. The van der Waals surface area contributed by atoms with E-state index in [2.05, 4.69) is 31.5 Å². The number of halogens is 1. The Bertz CT molecular complexity index is 451. The molecule has 104 valence electrons. The van der Waals surface area contributed by atoms with Crippen LogP contribution in [0.1, 0.15) is 16.8 Å². The van der Waals surface area contributed by atoms with Crippen LogP contribution < -0.4 is 10.6 Å². The van der Waals surface area contributed by atoms with Crippen molar-refractivity contribution in [1.29, 1.82) is 0 Å². The first-order chi connectivity index (χ1) is 8.99. The molecule has 1 aromatic carbocycles. The van der Waals surface area contributed by atoms with E-state index in [-0.39, 0.29) is 5.91 Å². The van der Waals surface area contributed by atoms with E-state index in [4.69, 9.17) is 12.2 Å². The second kappa shape index (κ2) is 8.24. The lowest BCUT2D eigenvalue weighted by atomic mass is 10.2. The molecule has 0 fully saturated rings. The summed E-state index contributed by atoms with van der Waals surface area (Å²) in [6.45, 7) is 1.73. The van der Waals surface area contributed by atoms with Gasteiger partial charge in [-0.05, 0) is 57.5 Å². The first kappa shape index (κ1) is 16.1. The maximum Gasteiger partial charge on any atom is 0.257 e. The Balaban J connectivity index is 2.34. The van der Waals surface area contributed by atoms with Crippen molar-refractivity contribution in [1.82, 2.24) is 15.5 Å². The summed E-state index contributed by atoms with van der Waals surface area (Å²) in [5, 5.41) is 6.04. The molecule has 0 aliphatic rings. The summed E-state index contributed by atoms with van der Waals surface area (Å²) >= 11 is 8.40. The van der Waals surface area contributed by atoms with Crippen LogP contribution in [0.4, 0.5) is 0 Å². The van der Waals surface area contributed by atoms with Crippen LogP contribution in [0.2, 0.25) is 0 Å². The molecule has 1 aromatic rings. The fraction of sp³-hybridized carbons (Fsp3) is 0.385. The van der Waals surface area contributed by atoms with Crippen LogP contribution in [0, 0.1) is 0 Å². The van der Waals surface area contributed by atoms with E-state index in [0.717, 1.165) is 24.0 Å². The smallest absolute Gasteiger partial charge is 0.257 e. The number of nitrogens with one attached hydrogen (secondary N) is 2. The van der Waals surface area contributed by atoms with E-state index in [9.17, 15) is 4.79 Å². The molecule has 0 aliphatic carbocycles. The van der Waals surface area contributed by atoms with Gasteiger partial charge in [-0.3, -0.25) is 10.1 Å². The van der Waals surface area contributed by atoms with E-state index in [1.807, 2.05) is 26.2 Å². The lowest BCUT2D eigenvalue weighted by molar-refractivity contribution is 0.0976. The van der Waals surface area contributed by atoms with Crippen LogP contribution in [-0.2, 0) is 0 Å². The van der Waals surface area contributed by atoms with Crippen LogP contribution >= 0.6 is 28.1 Å². The number of benzene rings is 1. The molecule has 0 saturated heterocycles. The number of amides is 1. The Morgan fingerprint density at radius 2 is 2.16 bits per heavy atom. The predicted octanol–water partition coefficient (Wildman–Crippen LogP) is 2.01. The van der Waals surface area contributed by atoms with Gasteiger partial charge in [-0.2, -0.15) is 0 Å². The van der Waals surface area contributed by atoms with Crippen LogP contribution in [0.3, 0.4) is 0 Å². The fourth-order valence-electron chi connectivity index (χ4n) is 1.45. The first-order valence-electron chi connectivity index (χ1n) is 5.98. The summed E-state index contributed by atoms with van der Waals surface area (Å²) in [5.74, 6) is -0.202. The maximum atomic E-state index is 11.9. The van der Waals surface area contributed by atoms with E-state index >= 15 is 0 Å². The number of hydrogen-bond acceptors (Lipinski definition) is 3. The van der Waals surface area contributed by atoms with Crippen molar-refractivity contribution < 1.29 is 4.79 Å².